The molecule has 0 saturated carbocycles. The summed E-state index contributed by atoms with van der Waals surface area (Å²) in [4.78, 5) is 2.38. The lowest BCUT2D eigenvalue weighted by molar-refractivity contribution is 0.435. The fraction of sp³-hybridized carbons (Fsp3) is 0.0169. The van der Waals surface area contributed by atoms with E-state index in [1.54, 1.807) is 0 Å². The largest absolute Gasteiger partial charge is 0.457 e. The molecule has 1 aliphatic heterocycles. The molecule has 10 aromatic carbocycles. The summed E-state index contributed by atoms with van der Waals surface area (Å²) < 4.78 is 12.2. The van der Waals surface area contributed by atoms with Crippen LogP contribution in [0.4, 0.5) is 17.1 Å². The van der Waals surface area contributed by atoms with Crippen LogP contribution in [0.25, 0.3) is 69.6 Å². The molecule has 63 heavy (non-hydrogen) atoms. The van der Waals surface area contributed by atoms with E-state index < -0.39 is 5.41 Å². The van der Waals surface area contributed by atoms with Crippen molar-refractivity contribution in [3.8, 4) is 28.3 Å². The molecular formula is C59H36N2OS. The molecule has 0 radical (unpaired) electrons. The summed E-state index contributed by atoms with van der Waals surface area (Å²) in [6, 6.07) is 80.1. The maximum atomic E-state index is 7.09. The molecule has 0 saturated heterocycles. The fourth-order valence-corrected chi connectivity index (χ4v) is 12.3. The summed E-state index contributed by atoms with van der Waals surface area (Å²) >= 11 is 1.86. The third kappa shape index (κ3) is 4.73. The van der Waals surface area contributed by atoms with E-state index in [1.165, 1.54) is 75.2 Å². The minimum Gasteiger partial charge on any atom is -0.457 e. The molecule has 3 nitrogen and oxygen atoms in total. The molecule has 2 aromatic heterocycles. The van der Waals surface area contributed by atoms with Crippen LogP contribution in [0.2, 0.25) is 0 Å². The van der Waals surface area contributed by atoms with Gasteiger partial charge in [0.25, 0.3) is 0 Å². The van der Waals surface area contributed by atoms with Crippen molar-refractivity contribution in [2.45, 2.75) is 5.41 Å². The first-order valence-corrected chi connectivity index (χ1v) is 22.4. The van der Waals surface area contributed by atoms with Gasteiger partial charge in [0.05, 0.1) is 22.1 Å². The molecule has 3 heterocycles. The first kappa shape index (κ1) is 34.8. The van der Waals surface area contributed by atoms with Crippen LogP contribution in [0.5, 0.6) is 11.5 Å². The Balaban J connectivity index is 1.02. The van der Waals surface area contributed by atoms with E-state index in [4.69, 9.17) is 4.74 Å². The maximum Gasteiger partial charge on any atom is 0.134 e. The molecule has 294 valence electrons. The summed E-state index contributed by atoms with van der Waals surface area (Å²) in [5.74, 6) is 1.73. The van der Waals surface area contributed by atoms with Gasteiger partial charge in [0.15, 0.2) is 0 Å². The topological polar surface area (TPSA) is 17.4 Å². The first-order chi connectivity index (χ1) is 31.3. The molecule has 1 spiro atoms. The van der Waals surface area contributed by atoms with E-state index in [1.807, 2.05) is 11.3 Å². The summed E-state index contributed by atoms with van der Waals surface area (Å²) in [6.45, 7) is 0. The van der Waals surface area contributed by atoms with E-state index in [0.717, 1.165) is 45.2 Å². The normalized spacial score (nSPS) is 14.9. The van der Waals surface area contributed by atoms with E-state index in [0.29, 0.717) is 0 Å². The van der Waals surface area contributed by atoms with Crippen LogP contribution in [0.3, 0.4) is 0 Å². The Morgan fingerprint density at radius 2 is 1.05 bits per heavy atom. The Labute approximate surface area is 367 Å². The lowest BCUT2D eigenvalue weighted by Crippen LogP contribution is -2.36. The first-order valence-electron chi connectivity index (χ1n) is 21.6. The number of nitrogens with zero attached hydrogens (tertiary/aromatic N) is 2. The van der Waals surface area contributed by atoms with Gasteiger partial charge in [-0.15, -0.1) is 11.3 Å². The number of para-hydroxylation sites is 3. The lowest BCUT2D eigenvalue weighted by atomic mass is 9.58. The van der Waals surface area contributed by atoms with Crippen molar-refractivity contribution in [3.05, 3.63) is 241 Å². The van der Waals surface area contributed by atoms with Crippen molar-refractivity contribution in [2.75, 3.05) is 4.90 Å². The smallest absolute Gasteiger partial charge is 0.134 e. The van der Waals surface area contributed by atoms with Crippen molar-refractivity contribution in [2.24, 2.45) is 0 Å². The summed E-state index contributed by atoms with van der Waals surface area (Å²) in [5.41, 5.74) is 13.5. The highest BCUT2D eigenvalue weighted by Gasteiger charge is 2.49. The lowest BCUT2D eigenvalue weighted by Gasteiger charge is -2.45. The maximum absolute atomic E-state index is 7.09. The number of ether oxygens (including phenoxy) is 1. The zero-order valence-electron chi connectivity index (χ0n) is 34.0. The predicted molar refractivity (Wildman–Crippen MR) is 263 cm³/mol. The van der Waals surface area contributed by atoms with Gasteiger partial charge in [-0.2, -0.15) is 0 Å². The second kappa shape index (κ2) is 13.0. The summed E-state index contributed by atoms with van der Waals surface area (Å²) in [7, 11) is 0. The van der Waals surface area contributed by atoms with Gasteiger partial charge in [0.1, 0.15) is 11.5 Å². The van der Waals surface area contributed by atoms with Crippen molar-refractivity contribution < 1.29 is 4.74 Å². The molecule has 4 heteroatoms. The third-order valence-corrected chi connectivity index (χ3v) is 14.8. The number of benzene rings is 10. The highest BCUT2D eigenvalue weighted by Crippen LogP contribution is 2.61. The van der Waals surface area contributed by atoms with Gasteiger partial charge in [-0.05, 0) is 93.7 Å². The number of hydrogen-bond acceptors (Lipinski definition) is 3. The highest BCUT2D eigenvalue weighted by atomic mass is 32.1. The van der Waals surface area contributed by atoms with Crippen LogP contribution < -0.4 is 9.64 Å². The second-order valence-electron chi connectivity index (χ2n) is 16.8. The molecule has 12 aromatic rings. The van der Waals surface area contributed by atoms with Crippen LogP contribution in [-0.4, -0.2) is 4.57 Å². The number of anilines is 3. The van der Waals surface area contributed by atoms with E-state index in [-0.39, 0.29) is 0 Å². The quantitative estimate of drug-likeness (QED) is 0.176. The number of aromatic nitrogens is 1. The Hall–Kier alpha value is -7.92. The van der Waals surface area contributed by atoms with Crippen molar-refractivity contribution in [1.29, 1.82) is 0 Å². The van der Waals surface area contributed by atoms with Crippen LogP contribution >= 0.6 is 11.3 Å². The van der Waals surface area contributed by atoms with Gasteiger partial charge in [0.2, 0.25) is 0 Å². The molecule has 2 aliphatic rings. The average molecular weight is 821 g/mol. The zero-order chi connectivity index (χ0) is 41.2. The molecule has 0 bridgehead atoms. The summed E-state index contributed by atoms with van der Waals surface area (Å²) in [6.07, 6.45) is 0. The minimum absolute atomic E-state index is 0.600. The van der Waals surface area contributed by atoms with Crippen LogP contribution in [0, 0.1) is 0 Å². The van der Waals surface area contributed by atoms with Gasteiger partial charge >= 0.3 is 0 Å². The summed E-state index contributed by atoms with van der Waals surface area (Å²) in [5, 5.41) is 7.57. The number of hydrogen-bond donors (Lipinski definition) is 0. The Morgan fingerprint density at radius 1 is 0.397 bits per heavy atom. The van der Waals surface area contributed by atoms with Crippen molar-refractivity contribution >= 4 is 81.1 Å². The Kier molecular flexibility index (Phi) is 7.20. The Bertz CT molecular complexity index is 3860. The molecule has 0 fully saturated rings. The highest BCUT2D eigenvalue weighted by molar-refractivity contribution is 7.25. The monoisotopic (exact) mass is 820 g/mol. The molecule has 1 aliphatic carbocycles. The molecule has 1 atom stereocenters. The van der Waals surface area contributed by atoms with E-state index in [9.17, 15) is 0 Å². The van der Waals surface area contributed by atoms with Crippen LogP contribution in [-0.2, 0) is 5.41 Å². The molecule has 14 rings (SSSR count). The van der Waals surface area contributed by atoms with E-state index >= 15 is 0 Å². The molecule has 1 unspecified atom stereocenters. The van der Waals surface area contributed by atoms with E-state index in [2.05, 4.69) is 228 Å². The fourth-order valence-electron chi connectivity index (χ4n) is 11.1. The zero-order valence-corrected chi connectivity index (χ0v) is 34.8. The number of fused-ring (bicyclic) bond motifs is 14. The van der Waals surface area contributed by atoms with Gasteiger partial charge in [-0.1, -0.05) is 152 Å². The SMILES string of the molecule is c1ccc(N(c2ccc3c(c2)Oc2ccccc2C32c3ccccc3-c3cccc4cccc2c34)c2ccc3c4ccccc4n(-c4cccc5sc6ccccc6c45)c3c2)cc1. The van der Waals surface area contributed by atoms with Crippen LogP contribution in [0.15, 0.2) is 218 Å². The second-order valence-corrected chi connectivity index (χ2v) is 17.8. The van der Waals surface area contributed by atoms with Crippen molar-refractivity contribution in [3.63, 3.8) is 0 Å². The Morgan fingerprint density at radius 3 is 1.97 bits per heavy atom. The number of thiophene rings is 1. The molecule has 0 N–H and O–H groups in total. The van der Waals surface area contributed by atoms with Crippen LogP contribution in [0.1, 0.15) is 22.3 Å². The average Bonchev–Trinajstić information content (AvgIpc) is 3.89. The number of rotatable bonds is 4. The van der Waals surface area contributed by atoms with Gasteiger partial charge in [-0.25, -0.2) is 0 Å². The van der Waals surface area contributed by atoms with Gasteiger partial charge in [0, 0.05) is 65.2 Å². The standard InChI is InChI=1S/C59H36N2OS/c1-2-17-38(18-3-1)60(39-31-33-43-42-20-5-9-26-50(42)61(52(43)35-39)51-27-14-30-56-58(51)45-21-6-11-29-55(45)63-56)40-32-34-48-54(36-40)62-53-28-10-8-24-47(53)59(48)46-23-7-4-19-41(46)44-22-12-15-37-16-13-25-49(59)57(37)44/h1-36H. The van der Waals surface area contributed by atoms with Gasteiger partial charge in [-0.3, -0.25) is 0 Å². The predicted octanol–water partition coefficient (Wildman–Crippen LogP) is 16.2. The minimum atomic E-state index is -0.600. The molecular weight excluding hydrogens is 785 g/mol. The van der Waals surface area contributed by atoms with Gasteiger partial charge < -0.3 is 14.2 Å². The van der Waals surface area contributed by atoms with Crippen molar-refractivity contribution in [1.82, 2.24) is 4.57 Å². The molecule has 0 amide bonds. The third-order valence-electron chi connectivity index (χ3n) is 13.6.